The van der Waals surface area contributed by atoms with Crippen LogP contribution in [0.4, 0.5) is 0 Å². The largest absolute Gasteiger partial charge is 0.504 e. The second-order valence-corrected chi connectivity index (χ2v) is 7.14. The number of fused-ring (bicyclic) bond motifs is 1. The minimum atomic E-state index is -4.28. The molecule has 3 rings (SSSR count). The Morgan fingerprint density at radius 2 is 1.76 bits per heavy atom. The average Bonchev–Trinajstić information content (AvgIpc) is 2.83. The predicted octanol–water partition coefficient (Wildman–Crippen LogP) is 2.58. The molecule has 0 fully saturated rings. The molecule has 0 aliphatic heterocycles. The minimum absolute atomic E-state index is 0.0367. The summed E-state index contributed by atoms with van der Waals surface area (Å²) in [6.45, 7) is 0. The van der Waals surface area contributed by atoms with Crippen LogP contribution in [0.25, 0.3) is 20.5 Å². The van der Waals surface area contributed by atoms with Crippen LogP contribution in [0, 0.1) is 6.07 Å². The molecule has 107 valence electrons. The summed E-state index contributed by atoms with van der Waals surface area (Å²) in [5.74, 6) is -0.432. The van der Waals surface area contributed by atoms with Crippen LogP contribution in [0.3, 0.4) is 0 Å². The van der Waals surface area contributed by atoms with Crippen molar-refractivity contribution >= 4 is 34.3 Å². The third-order valence-corrected chi connectivity index (χ3v) is 5.05. The van der Waals surface area contributed by atoms with Gasteiger partial charge in [0.1, 0.15) is 0 Å². The van der Waals surface area contributed by atoms with E-state index < -0.39 is 7.60 Å². The number of phenols is 2. The fourth-order valence-corrected chi connectivity index (χ4v) is 3.63. The molecule has 4 N–H and O–H groups in total. The molecule has 0 amide bonds. The first-order chi connectivity index (χ1) is 9.84. The standard InChI is InChI=1S/C14H10O5PS/c15-11-4-2-8(5-12(11)16)13-6-9-1-3-10(20(17,18)19)7-14(9)21-13/h1-5,7,15-16H,(H2,17,18,19). The zero-order valence-electron chi connectivity index (χ0n) is 10.5. The van der Waals surface area contributed by atoms with Gasteiger partial charge in [-0.15, -0.1) is 11.3 Å². The van der Waals surface area contributed by atoms with E-state index in [4.69, 9.17) is 0 Å². The quantitative estimate of drug-likeness (QED) is 0.429. The molecule has 0 bridgehead atoms. The van der Waals surface area contributed by atoms with E-state index in [1.165, 1.54) is 35.6 Å². The lowest BCUT2D eigenvalue weighted by atomic mass is 10.1. The first kappa shape index (κ1) is 14.1. The fraction of sp³-hybridized carbons (Fsp3) is 0. The second kappa shape index (κ2) is 4.86. The van der Waals surface area contributed by atoms with Gasteiger partial charge in [0.05, 0.1) is 5.30 Å². The van der Waals surface area contributed by atoms with Crippen molar-refractivity contribution in [2.45, 2.75) is 0 Å². The third kappa shape index (κ3) is 2.66. The lowest BCUT2D eigenvalue weighted by Gasteiger charge is -2.02. The maximum absolute atomic E-state index is 11.3. The maximum atomic E-state index is 11.3. The Labute approximate surface area is 123 Å². The first-order valence-corrected chi connectivity index (χ1v) is 8.32. The van der Waals surface area contributed by atoms with Crippen molar-refractivity contribution in [1.82, 2.24) is 0 Å². The molecule has 2 aromatic carbocycles. The van der Waals surface area contributed by atoms with Crippen LogP contribution in [0.1, 0.15) is 0 Å². The van der Waals surface area contributed by atoms with E-state index in [-0.39, 0.29) is 16.8 Å². The Kier molecular flexibility index (Phi) is 3.26. The molecule has 1 aromatic heterocycles. The van der Waals surface area contributed by atoms with Crippen LogP contribution in [0.5, 0.6) is 11.5 Å². The summed E-state index contributed by atoms with van der Waals surface area (Å²) >= 11 is 1.30. The summed E-state index contributed by atoms with van der Waals surface area (Å²) in [5, 5.41) is 19.5. The van der Waals surface area contributed by atoms with Crippen molar-refractivity contribution in [1.29, 1.82) is 0 Å². The van der Waals surface area contributed by atoms with Crippen molar-refractivity contribution in [2.75, 3.05) is 0 Å². The van der Waals surface area contributed by atoms with Crippen LogP contribution in [-0.4, -0.2) is 20.0 Å². The third-order valence-electron chi connectivity index (χ3n) is 3.00. The zero-order chi connectivity index (χ0) is 15.2. The van der Waals surface area contributed by atoms with Gasteiger partial charge in [-0.1, -0.05) is 6.07 Å². The molecule has 0 atom stereocenters. The van der Waals surface area contributed by atoms with Gasteiger partial charge in [0.15, 0.2) is 11.5 Å². The van der Waals surface area contributed by atoms with Gasteiger partial charge in [-0.3, -0.25) is 4.57 Å². The summed E-state index contributed by atoms with van der Waals surface area (Å²) in [4.78, 5) is 19.1. The average molecular weight is 321 g/mol. The zero-order valence-corrected chi connectivity index (χ0v) is 12.2. The van der Waals surface area contributed by atoms with E-state index >= 15 is 0 Å². The number of benzene rings is 2. The van der Waals surface area contributed by atoms with Gasteiger partial charge in [-0.25, -0.2) is 0 Å². The number of hydrogen-bond donors (Lipinski definition) is 4. The van der Waals surface area contributed by atoms with E-state index in [1.807, 2.05) is 0 Å². The van der Waals surface area contributed by atoms with Gasteiger partial charge in [0.25, 0.3) is 0 Å². The molecule has 0 saturated carbocycles. The van der Waals surface area contributed by atoms with Crippen LogP contribution < -0.4 is 5.30 Å². The van der Waals surface area contributed by atoms with E-state index in [0.717, 1.165) is 5.39 Å². The Bertz CT molecular complexity index is 880. The number of aromatic hydroxyl groups is 2. The molecule has 7 heteroatoms. The summed E-state index contributed by atoms with van der Waals surface area (Å²) in [6, 6.07) is 12.0. The van der Waals surface area contributed by atoms with Crippen LogP contribution in [0.15, 0.2) is 36.4 Å². The molecule has 1 heterocycles. The van der Waals surface area contributed by atoms with Gasteiger partial charge >= 0.3 is 7.60 Å². The molecule has 0 aliphatic rings. The van der Waals surface area contributed by atoms with Gasteiger partial charge < -0.3 is 20.0 Å². The predicted molar refractivity (Wildman–Crippen MR) is 81.1 cm³/mol. The van der Waals surface area contributed by atoms with E-state index in [0.29, 0.717) is 15.1 Å². The summed E-state index contributed by atoms with van der Waals surface area (Å²) in [7, 11) is -4.28. The van der Waals surface area contributed by atoms with E-state index in [9.17, 15) is 24.6 Å². The van der Waals surface area contributed by atoms with Crippen LogP contribution in [-0.2, 0) is 4.57 Å². The number of hydrogen-bond acceptors (Lipinski definition) is 4. The second-order valence-electron chi connectivity index (χ2n) is 4.48. The van der Waals surface area contributed by atoms with Gasteiger partial charge in [0.2, 0.25) is 0 Å². The normalized spacial score (nSPS) is 11.9. The highest BCUT2D eigenvalue weighted by atomic mass is 32.1. The Morgan fingerprint density at radius 1 is 1.00 bits per heavy atom. The van der Waals surface area contributed by atoms with Gasteiger partial charge in [-0.2, -0.15) is 0 Å². The highest BCUT2D eigenvalue weighted by Gasteiger charge is 2.18. The van der Waals surface area contributed by atoms with Gasteiger partial charge in [0, 0.05) is 21.0 Å². The molecular formula is C14H10O5PS. The molecule has 1 radical (unpaired) electrons. The van der Waals surface area contributed by atoms with E-state index in [1.54, 1.807) is 12.1 Å². The number of phenolic OH excluding ortho intramolecular Hbond substituents is 2. The fourth-order valence-electron chi connectivity index (χ4n) is 1.93. The molecule has 5 nitrogen and oxygen atoms in total. The Hall–Kier alpha value is -1.85. The van der Waals surface area contributed by atoms with Crippen molar-refractivity contribution in [3.8, 4) is 21.9 Å². The van der Waals surface area contributed by atoms with Crippen molar-refractivity contribution < 1.29 is 24.6 Å². The van der Waals surface area contributed by atoms with Gasteiger partial charge in [-0.05, 0) is 35.9 Å². The summed E-state index contributed by atoms with van der Waals surface area (Å²) < 4.78 is 12.0. The maximum Gasteiger partial charge on any atom is 0.356 e. The lowest BCUT2D eigenvalue weighted by molar-refractivity contribution is 0.387. The molecule has 0 aliphatic carbocycles. The SMILES string of the molecule is O=P(O)(O)c1ccc2[c]c(-c3ccc(O)c(O)c3)sc2c1. The molecule has 0 unspecified atom stereocenters. The number of thiophene rings is 1. The molecule has 0 spiro atoms. The van der Waals surface area contributed by atoms with Crippen LogP contribution in [0.2, 0.25) is 0 Å². The Balaban J connectivity index is 2.12. The molecule has 3 aromatic rings. The smallest absolute Gasteiger partial charge is 0.356 e. The van der Waals surface area contributed by atoms with Crippen molar-refractivity contribution in [2.24, 2.45) is 0 Å². The van der Waals surface area contributed by atoms with Crippen molar-refractivity contribution in [3.05, 3.63) is 42.5 Å². The number of rotatable bonds is 2. The van der Waals surface area contributed by atoms with Crippen molar-refractivity contribution in [3.63, 3.8) is 0 Å². The molecule has 0 saturated heterocycles. The molecular weight excluding hydrogens is 311 g/mol. The summed E-state index contributed by atoms with van der Waals surface area (Å²) in [5.41, 5.74) is 0.671. The summed E-state index contributed by atoms with van der Waals surface area (Å²) in [6.07, 6.45) is 0. The molecule has 21 heavy (non-hydrogen) atoms. The van der Waals surface area contributed by atoms with E-state index in [2.05, 4.69) is 6.07 Å². The topological polar surface area (TPSA) is 98.0 Å². The first-order valence-electron chi connectivity index (χ1n) is 5.89. The highest BCUT2D eigenvalue weighted by Crippen LogP contribution is 2.39. The highest BCUT2D eigenvalue weighted by molar-refractivity contribution is 7.60. The van der Waals surface area contributed by atoms with Crippen LogP contribution >= 0.6 is 18.9 Å². The lowest BCUT2D eigenvalue weighted by Crippen LogP contribution is -2.01. The Morgan fingerprint density at radius 3 is 2.43 bits per heavy atom. The minimum Gasteiger partial charge on any atom is -0.504 e. The monoisotopic (exact) mass is 321 g/mol.